The number of carbonyl (C=O) groups is 1. The van der Waals surface area contributed by atoms with Crippen LogP contribution in [0.4, 0.5) is 0 Å². The van der Waals surface area contributed by atoms with Crippen LogP contribution >= 0.6 is 0 Å². The molecule has 0 radical (unpaired) electrons. The minimum absolute atomic E-state index is 0.136. The number of amides is 1. The molecule has 1 unspecified atom stereocenters. The van der Waals surface area contributed by atoms with Crippen molar-refractivity contribution in [1.29, 1.82) is 0 Å². The highest BCUT2D eigenvalue weighted by atomic mass is 16.2. The first-order valence-corrected chi connectivity index (χ1v) is 4.91. The third-order valence-corrected chi connectivity index (χ3v) is 2.03. The maximum absolute atomic E-state index is 11.5. The Bertz CT molecular complexity index is 295. The number of aromatic amines is 1. The van der Waals surface area contributed by atoms with Crippen LogP contribution in [0.1, 0.15) is 23.8 Å². The normalized spacial score (nSPS) is 12.8. The number of hydrogen-bond donors (Lipinski definition) is 2. The van der Waals surface area contributed by atoms with E-state index in [0.717, 1.165) is 13.0 Å². The lowest BCUT2D eigenvalue weighted by Gasteiger charge is -2.15. The van der Waals surface area contributed by atoms with Crippen LogP contribution in [-0.2, 0) is 0 Å². The van der Waals surface area contributed by atoms with Crippen LogP contribution in [-0.4, -0.2) is 52.9 Å². The second-order valence-electron chi connectivity index (χ2n) is 3.82. The van der Waals surface area contributed by atoms with E-state index >= 15 is 0 Å². The molecule has 1 heterocycles. The van der Waals surface area contributed by atoms with Crippen LogP contribution in [0.15, 0.2) is 6.20 Å². The summed E-state index contributed by atoms with van der Waals surface area (Å²) in [7, 11) is 4.01. The Balaban J connectivity index is 2.32. The zero-order valence-electron chi connectivity index (χ0n) is 9.32. The van der Waals surface area contributed by atoms with Gasteiger partial charge in [0.1, 0.15) is 0 Å². The number of hydrogen-bond acceptors (Lipinski definition) is 4. The summed E-state index contributed by atoms with van der Waals surface area (Å²) < 4.78 is 0. The van der Waals surface area contributed by atoms with Gasteiger partial charge in [0.05, 0.1) is 6.20 Å². The monoisotopic (exact) mass is 211 g/mol. The maximum atomic E-state index is 11.5. The number of H-pyrrole nitrogens is 1. The third kappa shape index (κ3) is 4.07. The molecule has 0 spiro atoms. The summed E-state index contributed by atoms with van der Waals surface area (Å²) in [5.74, 6) is -0.185. The number of aromatic nitrogens is 3. The predicted octanol–water partition coefficient (Wildman–Crippen LogP) is -0.125. The fourth-order valence-electron chi connectivity index (χ4n) is 1.13. The van der Waals surface area contributed by atoms with Crippen LogP contribution in [0.3, 0.4) is 0 Å². The van der Waals surface area contributed by atoms with Crippen LogP contribution < -0.4 is 5.32 Å². The molecule has 1 aromatic heterocycles. The lowest BCUT2D eigenvalue weighted by molar-refractivity contribution is 0.0931. The molecule has 0 aliphatic rings. The van der Waals surface area contributed by atoms with Gasteiger partial charge in [-0.25, -0.2) is 0 Å². The minimum Gasteiger partial charge on any atom is -0.348 e. The van der Waals surface area contributed by atoms with E-state index in [2.05, 4.69) is 25.6 Å². The second-order valence-corrected chi connectivity index (χ2v) is 3.82. The van der Waals surface area contributed by atoms with Gasteiger partial charge in [-0.2, -0.15) is 15.4 Å². The highest BCUT2D eigenvalue weighted by molar-refractivity contribution is 5.91. The van der Waals surface area contributed by atoms with Gasteiger partial charge in [-0.3, -0.25) is 4.79 Å². The Morgan fingerprint density at radius 1 is 1.67 bits per heavy atom. The van der Waals surface area contributed by atoms with E-state index in [-0.39, 0.29) is 11.9 Å². The molecule has 15 heavy (non-hydrogen) atoms. The molecule has 0 aliphatic carbocycles. The summed E-state index contributed by atoms with van der Waals surface area (Å²) in [6, 6.07) is 0.136. The smallest absolute Gasteiger partial charge is 0.273 e. The predicted molar refractivity (Wildman–Crippen MR) is 56.5 cm³/mol. The molecule has 6 heteroatoms. The van der Waals surface area contributed by atoms with Crippen molar-refractivity contribution in [3.05, 3.63) is 11.9 Å². The van der Waals surface area contributed by atoms with Crippen molar-refractivity contribution >= 4 is 5.91 Å². The Morgan fingerprint density at radius 3 is 2.93 bits per heavy atom. The van der Waals surface area contributed by atoms with E-state index in [1.54, 1.807) is 0 Å². The van der Waals surface area contributed by atoms with E-state index < -0.39 is 0 Å². The molecular formula is C9H17N5O. The molecule has 0 saturated carbocycles. The third-order valence-electron chi connectivity index (χ3n) is 2.03. The first kappa shape index (κ1) is 11.6. The first-order chi connectivity index (χ1) is 7.09. The zero-order chi connectivity index (χ0) is 11.3. The zero-order valence-corrected chi connectivity index (χ0v) is 9.32. The van der Waals surface area contributed by atoms with Gasteiger partial charge in [0.2, 0.25) is 0 Å². The van der Waals surface area contributed by atoms with Crippen molar-refractivity contribution < 1.29 is 4.79 Å². The van der Waals surface area contributed by atoms with E-state index in [1.807, 2.05) is 21.0 Å². The molecule has 1 amide bonds. The maximum Gasteiger partial charge on any atom is 0.273 e. The van der Waals surface area contributed by atoms with E-state index in [0.29, 0.717) is 5.69 Å². The van der Waals surface area contributed by atoms with Gasteiger partial charge in [-0.1, -0.05) is 0 Å². The van der Waals surface area contributed by atoms with Gasteiger partial charge in [-0.15, -0.1) is 0 Å². The average molecular weight is 211 g/mol. The number of nitrogens with one attached hydrogen (secondary N) is 2. The SMILES string of the molecule is CC(CCN(C)C)NC(=O)c1cn[nH]n1. The fraction of sp³-hybridized carbons (Fsp3) is 0.667. The molecule has 0 saturated heterocycles. The van der Waals surface area contributed by atoms with Crippen molar-refractivity contribution in [3.63, 3.8) is 0 Å². The lowest BCUT2D eigenvalue weighted by atomic mass is 10.2. The molecule has 1 atom stereocenters. The highest BCUT2D eigenvalue weighted by Gasteiger charge is 2.11. The molecule has 0 fully saturated rings. The van der Waals surface area contributed by atoms with Crippen molar-refractivity contribution in [2.24, 2.45) is 0 Å². The molecule has 2 N–H and O–H groups in total. The van der Waals surface area contributed by atoms with Gasteiger partial charge in [-0.05, 0) is 34.0 Å². The Kier molecular flexibility index (Phi) is 4.23. The van der Waals surface area contributed by atoms with Crippen LogP contribution in [0, 0.1) is 0 Å². The van der Waals surface area contributed by atoms with Crippen molar-refractivity contribution in [1.82, 2.24) is 25.6 Å². The summed E-state index contributed by atoms with van der Waals surface area (Å²) in [4.78, 5) is 13.6. The number of rotatable bonds is 5. The van der Waals surface area contributed by atoms with Gasteiger partial charge >= 0.3 is 0 Å². The standard InChI is InChI=1S/C9H17N5O/c1-7(4-5-14(2)3)11-9(15)8-6-10-13-12-8/h6-7H,4-5H2,1-3H3,(H,11,15)(H,10,12,13). The number of carbonyl (C=O) groups excluding carboxylic acids is 1. The Labute approximate surface area is 89.0 Å². The molecule has 0 aliphatic heterocycles. The Morgan fingerprint density at radius 2 is 2.40 bits per heavy atom. The van der Waals surface area contributed by atoms with Crippen molar-refractivity contribution in [2.45, 2.75) is 19.4 Å². The molecule has 0 bridgehead atoms. The van der Waals surface area contributed by atoms with Crippen LogP contribution in [0.2, 0.25) is 0 Å². The summed E-state index contributed by atoms with van der Waals surface area (Å²) in [6.45, 7) is 2.92. The quantitative estimate of drug-likeness (QED) is 0.711. The molecule has 1 aromatic rings. The van der Waals surface area contributed by atoms with E-state index in [4.69, 9.17) is 0 Å². The molecule has 1 rings (SSSR count). The molecule has 6 nitrogen and oxygen atoms in total. The van der Waals surface area contributed by atoms with Gasteiger partial charge in [0, 0.05) is 6.04 Å². The van der Waals surface area contributed by atoms with Gasteiger partial charge in [0.15, 0.2) is 5.69 Å². The van der Waals surface area contributed by atoms with Crippen molar-refractivity contribution in [2.75, 3.05) is 20.6 Å². The average Bonchev–Trinajstić information content (AvgIpc) is 2.67. The van der Waals surface area contributed by atoms with Crippen LogP contribution in [0.5, 0.6) is 0 Å². The van der Waals surface area contributed by atoms with Crippen molar-refractivity contribution in [3.8, 4) is 0 Å². The van der Waals surface area contributed by atoms with E-state index in [9.17, 15) is 4.79 Å². The number of nitrogens with zero attached hydrogens (tertiary/aromatic N) is 3. The van der Waals surface area contributed by atoms with Gasteiger partial charge in [0.25, 0.3) is 5.91 Å². The summed E-state index contributed by atoms with van der Waals surface area (Å²) in [5.41, 5.74) is 0.326. The largest absolute Gasteiger partial charge is 0.348 e. The first-order valence-electron chi connectivity index (χ1n) is 4.91. The fourth-order valence-corrected chi connectivity index (χ4v) is 1.13. The highest BCUT2D eigenvalue weighted by Crippen LogP contribution is 1.95. The van der Waals surface area contributed by atoms with Crippen LogP contribution in [0.25, 0.3) is 0 Å². The summed E-state index contributed by atoms with van der Waals surface area (Å²) in [6.07, 6.45) is 2.32. The molecule has 84 valence electrons. The lowest BCUT2D eigenvalue weighted by Crippen LogP contribution is -2.35. The van der Waals surface area contributed by atoms with Gasteiger partial charge < -0.3 is 10.2 Å². The topological polar surface area (TPSA) is 73.9 Å². The Hall–Kier alpha value is -1.43. The minimum atomic E-state index is -0.185. The summed E-state index contributed by atoms with van der Waals surface area (Å²) >= 11 is 0. The second kappa shape index (κ2) is 5.45. The van der Waals surface area contributed by atoms with E-state index in [1.165, 1.54) is 6.20 Å². The summed E-state index contributed by atoms with van der Waals surface area (Å²) in [5, 5.41) is 12.5. The molecular weight excluding hydrogens is 194 g/mol. The molecule has 0 aromatic carbocycles.